The lowest BCUT2D eigenvalue weighted by Gasteiger charge is -2.23. The Morgan fingerprint density at radius 2 is 1.91 bits per heavy atom. The highest BCUT2D eigenvalue weighted by Gasteiger charge is 2.24. The minimum Gasteiger partial charge on any atom is -0.506 e. The van der Waals surface area contributed by atoms with E-state index in [4.69, 9.17) is 4.74 Å². The number of phenolic OH excluding ortho intramolecular Hbond substituents is 1. The third kappa shape index (κ3) is 5.71. The van der Waals surface area contributed by atoms with Crippen molar-refractivity contribution in [1.29, 1.82) is 0 Å². The molecule has 0 atom stereocenters. The zero-order valence-electron chi connectivity index (χ0n) is 12.3. The minimum absolute atomic E-state index is 0.0529. The summed E-state index contributed by atoms with van der Waals surface area (Å²) in [7, 11) is -2.84. The number of hydrogen-bond acceptors (Lipinski definition) is 5. The molecule has 0 bridgehead atoms. The lowest BCUT2D eigenvalue weighted by molar-refractivity contribution is -0.896. The Morgan fingerprint density at radius 1 is 1.26 bits per heavy atom. The summed E-state index contributed by atoms with van der Waals surface area (Å²) in [5.41, 5.74) is 0.178. The summed E-state index contributed by atoms with van der Waals surface area (Å²) in [4.78, 5) is 13.3. The Bertz CT molecular complexity index is 679. The maximum atomic E-state index is 12.0. The number of phenols is 1. The van der Waals surface area contributed by atoms with Gasteiger partial charge in [-0.25, -0.2) is 13.2 Å². The van der Waals surface area contributed by atoms with Crippen LogP contribution in [0.15, 0.2) is 12.1 Å². The van der Waals surface area contributed by atoms with Crippen molar-refractivity contribution in [2.75, 3.05) is 37.7 Å². The van der Waals surface area contributed by atoms with E-state index in [1.54, 1.807) is 12.1 Å². The third-order valence-electron chi connectivity index (χ3n) is 3.69. The first kappa shape index (κ1) is 19.2. The highest BCUT2D eigenvalue weighted by atomic mass is 127. The average molecular weight is 566 g/mol. The number of rotatable bonds is 5. The van der Waals surface area contributed by atoms with Crippen molar-refractivity contribution in [3.8, 4) is 5.75 Å². The molecular weight excluding hydrogens is 548 g/mol. The van der Waals surface area contributed by atoms with Crippen LogP contribution < -0.4 is 4.90 Å². The molecule has 0 amide bonds. The summed E-state index contributed by atoms with van der Waals surface area (Å²) in [6.07, 6.45) is 0.670. The van der Waals surface area contributed by atoms with Crippen molar-refractivity contribution in [2.45, 2.75) is 6.42 Å². The van der Waals surface area contributed by atoms with Crippen molar-refractivity contribution in [3.05, 3.63) is 24.8 Å². The van der Waals surface area contributed by atoms with Crippen molar-refractivity contribution in [2.24, 2.45) is 0 Å². The summed E-state index contributed by atoms with van der Waals surface area (Å²) in [6, 6.07) is 3.38. The number of benzene rings is 1. The van der Waals surface area contributed by atoms with Gasteiger partial charge in [0.05, 0.1) is 41.3 Å². The van der Waals surface area contributed by atoms with Crippen LogP contribution in [-0.4, -0.2) is 57.2 Å². The predicted octanol–water partition coefficient (Wildman–Crippen LogP) is 0.462. The molecule has 1 aliphatic rings. The molecule has 1 heterocycles. The smallest absolute Gasteiger partial charge is 0.341 e. The fraction of sp³-hybridized carbons (Fsp3) is 0.500. The fourth-order valence-corrected chi connectivity index (χ4v) is 5.61. The maximum absolute atomic E-state index is 12.0. The van der Waals surface area contributed by atoms with Crippen molar-refractivity contribution in [1.82, 2.24) is 0 Å². The van der Waals surface area contributed by atoms with E-state index in [0.29, 0.717) is 23.1 Å². The van der Waals surface area contributed by atoms with Crippen LogP contribution in [0.3, 0.4) is 0 Å². The zero-order valence-corrected chi connectivity index (χ0v) is 17.5. The number of carbonyl (C=O) groups excluding carboxylic acids is 1. The lowest BCUT2D eigenvalue weighted by atomic mass is 10.2. The first-order valence-electron chi connectivity index (χ1n) is 7.17. The number of quaternary nitrogens is 1. The van der Waals surface area contributed by atoms with Gasteiger partial charge < -0.3 is 14.7 Å². The van der Waals surface area contributed by atoms with Crippen LogP contribution >= 0.6 is 45.2 Å². The predicted molar refractivity (Wildman–Crippen MR) is 103 cm³/mol. The molecule has 2 N–H and O–H groups in total. The number of carbonyl (C=O) groups is 1. The van der Waals surface area contributed by atoms with Crippen molar-refractivity contribution in [3.63, 3.8) is 0 Å². The quantitative estimate of drug-likeness (QED) is 0.308. The maximum Gasteiger partial charge on any atom is 0.341 e. The average Bonchev–Trinajstić information content (AvgIpc) is 2.48. The second-order valence-electron chi connectivity index (χ2n) is 5.43. The molecule has 0 spiro atoms. The van der Waals surface area contributed by atoms with Crippen LogP contribution in [-0.2, 0) is 14.6 Å². The Kier molecular flexibility index (Phi) is 6.92. The van der Waals surface area contributed by atoms with E-state index >= 15 is 0 Å². The van der Waals surface area contributed by atoms with Gasteiger partial charge in [0.15, 0.2) is 9.84 Å². The number of hydrogen-bond donors (Lipinski definition) is 2. The van der Waals surface area contributed by atoms with E-state index in [2.05, 4.69) is 22.6 Å². The molecule has 1 saturated heterocycles. The van der Waals surface area contributed by atoms with Gasteiger partial charge in [0.2, 0.25) is 0 Å². The third-order valence-corrected chi connectivity index (χ3v) is 6.79. The molecule has 1 aromatic rings. The Balaban J connectivity index is 1.78. The molecule has 6 nitrogen and oxygen atoms in total. The minimum atomic E-state index is -2.84. The molecule has 0 aliphatic carbocycles. The number of aromatic hydroxyl groups is 1. The number of esters is 1. The summed E-state index contributed by atoms with van der Waals surface area (Å²) in [5.74, 6) is -0.119. The molecule has 0 unspecified atom stereocenters. The highest BCUT2D eigenvalue weighted by Crippen LogP contribution is 2.27. The monoisotopic (exact) mass is 566 g/mol. The van der Waals surface area contributed by atoms with Crippen molar-refractivity contribution >= 4 is 61.0 Å². The van der Waals surface area contributed by atoms with Gasteiger partial charge in [-0.3, -0.25) is 0 Å². The van der Waals surface area contributed by atoms with Crippen LogP contribution in [0.25, 0.3) is 0 Å². The van der Waals surface area contributed by atoms with Crippen LogP contribution in [0.1, 0.15) is 16.8 Å². The summed E-state index contributed by atoms with van der Waals surface area (Å²) < 4.78 is 29.4. The summed E-state index contributed by atoms with van der Waals surface area (Å²) in [6.45, 7) is 2.27. The topological polar surface area (TPSA) is 85.1 Å². The van der Waals surface area contributed by atoms with E-state index in [9.17, 15) is 18.3 Å². The molecule has 0 saturated carbocycles. The molecule has 1 aromatic carbocycles. The first-order chi connectivity index (χ1) is 10.8. The van der Waals surface area contributed by atoms with E-state index in [1.807, 2.05) is 22.6 Å². The SMILES string of the molecule is O=C(OCCC[NH+]1CCS(=O)(=O)CC1)c1cc(I)cc(I)c1O. The number of nitrogens with one attached hydrogen (secondary N) is 1. The van der Waals surface area contributed by atoms with Crippen LogP contribution in [0.2, 0.25) is 0 Å². The van der Waals surface area contributed by atoms with Gasteiger partial charge in [-0.05, 0) is 57.3 Å². The van der Waals surface area contributed by atoms with Gasteiger partial charge in [-0.2, -0.15) is 0 Å². The van der Waals surface area contributed by atoms with Crippen LogP contribution in [0.4, 0.5) is 0 Å². The molecule has 23 heavy (non-hydrogen) atoms. The zero-order chi connectivity index (χ0) is 17.0. The Morgan fingerprint density at radius 3 is 2.57 bits per heavy atom. The fourth-order valence-electron chi connectivity index (χ4n) is 2.36. The van der Waals surface area contributed by atoms with E-state index in [0.717, 1.165) is 10.1 Å². The Hall–Kier alpha value is -0.140. The molecule has 2 rings (SSSR count). The molecule has 9 heteroatoms. The number of sulfone groups is 1. The molecule has 1 aliphatic heterocycles. The summed E-state index contributed by atoms with van der Waals surface area (Å²) >= 11 is 4.05. The van der Waals surface area contributed by atoms with Gasteiger partial charge >= 0.3 is 5.97 Å². The van der Waals surface area contributed by atoms with Crippen LogP contribution in [0, 0.1) is 7.14 Å². The van der Waals surface area contributed by atoms with E-state index in [1.165, 1.54) is 4.90 Å². The van der Waals surface area contributed by atoms with Crippen molar-refractivity contribution < 1.29 is 28.0 Å². The number of ether oxygens (including phenoxy) is 1. The van der Waals surface area contributed by atoms with E-state index in [-0.39, 0.29) is 29.4 Å². The first-order valence-corrected chi connectivity index (χ1v) is 11.2. The normalized spacial score (nSPS) is 17.8. The molecule has 0 radical (unpaired) electrons. The second-order valence-corrected chi connectivity index (χ2v) is 10.1. The molecular formula is C14H18I2NO5S+. The largest absolute Gasteiger partial charge is 0.506 e. The molecule has 1 fully saturated rings. The standard InChI is InChI=1S/C14H17I2NO5S/c15-10-8-11(13(18)12(16)9-10)14(19)22-5-1-2-17-3-6-23(20,21)7-4-17/h8-9,18H,1-7H2/p+1. The van der Waals surface area contributed by atoms with Gasteiger partial charge in [0.1, 0.15) is 11.3 Å². The van der Waals surface area contributed by atoms with Gasteiger partial charge in [-0.1, -0.05) is 0 Å². The Labute approximate surface area is 162 Å². The lowest BCUT2D eigenvalue weighted by Crippen LogP contribution is -3.14. The molecule has 0 aromatic heterocycles. The second kappa shape index (κ2) is 8.30. The van der Waals surface area contributed by atoms with Gasteiger partial charge in [-0.15, -0.1) is 0 Å². The van der Waals surface area contributed by atoms with Gasteiger partial charge in [0, 0.05) is 9.99 Å². The van der Waals surface area contributed by atoms with Gasteiger partial charge in [0.25, 0.3) is 0 Å². The number of halogens is 2. The van der Waals surface area contributed by atoms with E-state index < -0.39 is 15.8 Å². The summed E-state index contributed by atoms with van der Waals surface area (Å²) in [5, 5.41) is 9.93. The highest BCUT2D eigenvalue weighted by molar-refractivity contribution is 14.1. The van der Waals surface area contributed by atoms with Crippen LogP contribution in [0.5, 0.6) is 5.75 Å². The molecule has 128 valence electrons.